The number of esters is 1. The minimum atomic E-state index is -0.666. The van der Waals surface area contributed by atoms with E-state index in [0.29, 0.717) is 35.6 Å². The molecule has 6 heteroatoms. The zero-order valence-corrected chi connectivity index (χ0v) is 18.0. The van der Waals surface area contributed by atoms with E-state index >= 15 is 0 Å². The summed E-state index contributed by atoms with van der Waals surface area (Å²) in [5.41, 5.74) is 2.64. The molecule has 0 spiro atoms. The third-order valence-corrected chi connectivity index (χ3v) is 5.62. The van der Waals surface area contributed by atoms with Gasteiger partial charge in [0.1, 0.15) is 17.4 Å². The fourth-order valence-corrected chi connectivity index (χ4v) is 4.39. The topological polar surface area (TPSA) is 74.2 Å². The summed E-state index contributed by atoms with van der Waals surface area (Å²) in [5, 5.41) is 0. The normalized spacial score (nSPS) is 23.2. The number of aliphatic imine (C=N–C) groups is 1. The molecule has 1 aromatic rings. The number of hydrogen-bond acceptors (Lipinski definition) is 6. The predicted molar refractivity (Wildman–Crippen MR) is 111 cm³/mol. The Hall–Kier alpha value is -2.63. The summed E-state index contributed by atoms with van der Waals surface area (Å²) in [6.07, 6.45) is 1.11. The third kappa shape index (κ3) is 3.93. The number of Topliss-reactive ketones (excluding diaryl/α,β-unsaturated/α-hetero) is 1. The van der Waals surface area contributed by atoms with Gasteiger partial charge in [-0.05, 0) is 31.7 Å². The lowest BCUT2D eigenvalue weighted by atomic mass is 9.66. The summed E-state index contributed by atoms with van der Waals surface area (Å²) < 4.78 is 16.3. The molecule has 1 aliphatic carbocycles. The zero-order chi connectivity index (χ0) is 21.3. The predicted octanol–water partition coefficient (Wildman–Crippen LogP) is 4.08. The van der Waals surface area contributed by atoms with E-state index in [1.165, 1.54) is 0 Å². The molecule has 1 unspecified atom stereocenters. The molecule has 0 bridgehead atoms. The Morgan fingerprint density at radius 1 is 1.21 bits per heavy atom. The molecule has 0 aromatic heterocycles. The van der Waals surface area contributed by atoms with Crippen LogP contribution in [0.1, 0.15) is 52.0 Å². The number of ether oxygens (including phenoxy) is 3. The van der Waals surface area contributed by atoms with Crippen molar-refractivity contribution in [3.05, 3.63) is 35.0 Å². The Balaban J connectivity index is 2.22. The van der Waals surface area contributed by atoms with Gasteiger partial charge in [-0.15, -0.1) is 0 Å². The average molecular weight is 399 g/mol. The van der Waals surface area contributed by atoms with E-state index in [0.717, 1.165) is 11.3 Å². The van der Waals surface area contributed by atoms with Gasteiger partial charge in [-0.25, -0.2) is 0 Å². The number of hydrogen-bond donors (Lipinski definition) is 0. The van der Waals surface area contributed by atoms with Crippen molar-refractivity contribution in [2.75, 3.05) is 20.8 Å². The van der Waals surface area contributed by atoms with E-state index in [-0.39, 0.29) is 23.8 Å². The molecule has 1 heterocycles. The van der Waals surface area contributed by atoms with Gasteiger partial charge in [-0.3, -0.25) is 14.6 Å². The molecule has 156 valence electrons. The molecule has 29 heavy (non-hydrogen) atoms. The van der Waals surface area contributed by atoms with Crippen LogP contribution in [0.2, 0.25) is 0 Å². The first-order valence-corrected chi connectivity index (χ1v) is 9.92. The fourth-order valence-electron chi connectivity index (χ4n) is 4.39. The highest BCUT2D eigenvalue weighted by Gasteiger charge is 2.46. The van der Waals surface area contributed by atoms with Gasteiger partial charge < -0.3 is 14.2 Å². The molecule has 2 aliphatic rings. The molecular weight excluding hydrogens is 370 g/mol. The average Bonchev–Trinajstić information content (AvgIpc) is 2.65. The molecule has 3 rings (SSSR count). The maximum Gasteiger partial charge on any atom is 0.315 e. The Morgan fingerprint density at radius 2 is 1.93 bits per heavy atom. The molecular formula is C23H29NO5. The number of methoxy groups -OCH3 is 2. The first kappa shape index (κ1) is 21.1. The fraction of sp³-hybridized carbons (Fsp3) is 0.522. The Bertz CT molecular complexity index is 897. The highest BCUT2D eigenvalue weighted by molar-refractivity contribution is 6.09. The number of benzene rings is 1. The van der Waals surface area contributed by atoms with Gasteiger partial charge in [-0.1, -0.05) is 19.9 Å². The molecule has 2 atom stereocenters. The van der Waals surface area contributed by atoms with Crippen LogP contribution >= 0.6 is 0 Å². The van der Waals surface area contributed by atoms with Gasteiger partial charge in [0.2, 0.25) is 0 Å². The number of allylic oxidation sites excluding steroid dienone is 2. The minimum absolute atomic E-state index is 0.0321. The number of rotatable bonds is 5. The second-order valence-corrected chi connectivity index (χ2v) is 8.37. The minimum Gasteiger partial charge on any atom is -0.497 e. The third-order valence-electron chi connectivity index (χ3n) is 5.62. The van der Waals surface area contributed by atoms with E-state index in [4.69, 9.17) is 19.2 Å². The van der Waals surface area contributed by atoms with Crippen molar-refractivity contribution in [2.45, 2.75) is 46.5 Å². The molecule has 0 saturated heterocycles. The van der Waals surface area contributed by atoms with Crippen LogP contribution in [0.25, 0.3) is 0 Å². The summed E-state index contributed by atoms with van der Waals surface area (Å²) in [6.45, 7) is 8.01. The van der Waals surface area contributed by atoms with Crippen LogP contribution in [-0.2, 0) is 14.3 Å². The number of carbonyl (C=O) groups is 2. The second kappa shape index (κ2) is 8.01. The van der Waals surface area contributed by atoms with Crippen LogP contribution in [0.15, 0.2) is 34.5 Å². The van der Waals surface area contributed by atoms with Crippen molar-refractivity contribution in [3.8, 4) is 11.5 Å². The number of carbonyl (C=O) groups excluding carboxylic acids is 2. The second-order valence-electron chi connectivity index (χ2n) is 8.37. The van der Waals surface area contributed by atoms with Gasteiger partial charge in [0, 0.05) is 41.0 Å². The van der Waals surface area contributed by atoms with Crippen molar-refractivity contribution in [1.29, 1.82) is 0 Å². The Morgan fingerprint density at radius 3 is 2.55 bits per heavy atom. The molecule has 0 fully saturated rings. The van der Waals surface area contributed by atoms with Crippen molar-refractivity contribution >= 4 is 17.5 Å². The molecule has 0 radical (unpaired) electrons. The summed E-state index contributed by atoms with van der Waals surface area (Å²) in [5.74, 6) is -0.287. The number of ketones is 1. The molecule has 0 N–H and O–H groups in total. The molecule has 0 amide bonds. The van der Waals surface area contributed by atoms with Crippen LogP contribution in [0.5, 0.6) is 11.5 Å². The molecule has 6 nitrogen and oxygen atoms in total. The van der Waals surface area contributed by atoms with E-state index in [9.17, 15) is 9.59 Å². The summed E-state index contributed by atoms with van der Waals surface area (Å²) in [7, 11) is 3.16. The van der Waals surface area contributed by atoms with Gasteiger partial charge in [-0.2, -0.15) is 0 Å². The zero-order valence-electron chi connectivity index (χ0n) is 18.0. The van der Waals surface area contributed by atoms with Crippen molar-refractivity contribution in [2.24, 2.45) is 16.3 Å². The maximum atomic E-state index is 13.2. The van der Waals surface area contributed by atoms with Crippen LogP contribution in [0.4, 0.5) is 0 Å². The monoisotopic (exact) mass is 399 g/mol. The molecule has 1 aliphatic heterocycles. The summed E-state index contributed by atoms with van der Waals surface area (Å²) in [6, 6.07) is 5.46. The van der Waals surface area contributed by atoms with Gasteiger partial charge in [0.05, 0.1) is 20.8 Å². The van der Waals surface area contributed by atoms with Crippen molar-refractivity contribution in [3.63, 3.8) is 0 Å². The van der Waals surface area contributed by atoms with Gasteiger partial charge >= 0.3 is 5.97 Å². The SMILES string of the molecule is CCOC(=O)C1C(C)=NC2=C(C(=O)CC(C)(C)C2)[C@@H]1c1ccc(OC)cc1OC. The van der Waals surface area contributed by atoms with E-state index in [1.807, 2.05) is 19.1 Å². The van der Waals surface area contributed by atoms with Crippen molar-refractivity contribution < 1.29 is 23.8 Å². The van der Waals surface area contributed by atoms with Crippen molar-refractivity contribution in [1.82, 2.24) is 0 Å². The molecule has 0 saturated carbocycles. The van der Waals surface area contributed by atoms with Crippen LogP contribution in [0, 0.1) is 11.3 Å². The lowest BCUT2D eigenvalue weighted by Crippen LogP contribution is -2.39. The lowest BCUT2D eigenvalue weighted by Gasteiger charge is -2.39. The largest absolute Gasteiger partial charge is 0.497 e. The smallest absolute Gasteiger partial charge is 0.315 e. The van der Waals surface area contributed by atoms with Crippen LogP contribution in [0.3, 0.4) is 0 Å². The Labute approximate surface area is 171 Å². The van der Waals surface area contributed by atoms with E-state index < -0.39 is 11.8 Å². The van der Waals surface area contributed by atoms with E-state index in [2.05, 4.69) is 13.8 Å². The first-order valence-electron chi connectivity index (χ1n) is 9.92. The summed E-state index contributed by atoms with van der Waals surface area (Å²) >= 11 is 0. The van der Waals surface area contributed by atoms with Gasteiger partial charge in [0.25, 0.3) is 0 Å². The number of nitrogens with zero attached hydrogens (tertiary/aromatic N) is 1. The quantitative estimate of drug-likeness (QED) is 0.698. The van der Waals surface area contributed by atoms with E-state index in [1.54, 1.807) is 27.2 Å². The highest BCUT2D eigenvalue weighted by atomic mass is 16.5. The summed E-state index contributed by atoms with van der Waals surface area (Å²) in [4.78, 5) is 30.9. The standard InChI is InChI=1S/C23H29NO5/c1-7-29-22(26)19-13(2)24-16-11-23(3,4)12-17(25)21(16)20(19)15-9-8-14(27-5)10-18(15)28-6/h8-10,19-20H,7,11-12H2,1-6H3/t19?,20-/m1/s1. The first-order chi connectivity index (χ1) is 13.7. The molecule has 1 aromatic carbocycles. The lowest BCUT2D eigenvalue weighted by molar-refractivity contribution is -0.146. The van der Waals surface area contributed by atoms with Gasteiger partial charge in [0.15, 0.2) is 5.78 Å². The highest BCUT2D eigenvalue weighted by Crippen LogP contribution is 2.49. The van der Waals surface area contributed by atoms with Crippen LogP contribution in [-0.4, -0.2) is 38.3 Å². The Kier molecular flexibility index (Phi) is 5.82. The maximum absolute atomic E-state index is 13.2. The van der Waals surface area contributed by atoms with Crippen LogP contribution < -0.4 is 9.47 Å².